The first-order valence-electron chi connectivity index (χ1n) is 6.41. The fraction of sp³-hybridized carbons (Fsp3) is 0.750. The number of rotatable bonds is 2. The number of morpholine rings is 1. The van der Waals surface area contributed by atoms with Crippen LogP contribution < -0.4 is 5.32 Å². The third-order valence-electron chi connectivity index (χ3n) is 3.79. The van der Waals surface area contributed by atoms with E-state index < -0.39 is 5.41 Å². The molecule has 0 unspecified atom stereocenters. The van der Waals surface area contributed by atoms with E-state index >= 15 is 0 Å². The zero-order chi connectivity index (χ0) is 13.2. The molecule has 0 aliphatic carbocycles. The summed E-state index contributed by atoms with van der Waals surface area (Å²) in [4.78, 5) is 30.3. The molecule has 0 radical (unpaired) electrons. The van der Waals surface area contributed by atoms with Gasteiger partial charge in [-0.15, -0.1) is 0 Å². The smallest absolute Gasteiger partial charge is 0.264 e. The summed E-state index contributed by atoms with van der Waals surface area (Å²) in [5, 5.41) is 2.77. The summed E-state index contributed by atoms with van der Waals surface area (Å²) in [6.45, 7) is 6.17. The maximum absolute atomic E-state index is 12.2. The van der Waals surface area contributed by atoms with Crippen LogP contribution in [0.15, 0.2) is 4.99 Å². The summed E-state index contributed by atoms with van der Waals surface area (Å²) in [6, 6.07) is 0. The molecule has 2 aliphatic rings. The van der Waals surface area contributed by atoms with Crippen LogP contribution in [0.25, 0.3) is 0 Å². The van der Waals surface area contributed by atoms with Crippen molar-refractivity contribution in [2.45, 2.75) is 26.7 Å². The minimum atomic E-state index is -0.976. The van der Waals surface area contributed by atoms with E-state index in [-0.39, 0.29) is 11.8 Å². The van der Waals surface area contributed by atoms with E-state index in [0.29, 0.717) is 45.1 Å². The fourth-order valence-electron chi connectivity index (χ4n) is 2.35. The largest absolute Gasteiger partial charge is 0.378 e. The van der Waals surface area contributed by atoms with E-state index in [1.165, 1.54) is 0 Å². The molecule has 18 heavy (non-hydrogen) atoms. The first-order valence-corrected chi connectivity index (χ1v) is 6.41. The van der Waals surface area contributed by atoms with Crippen LogP contribution in [0.2, 0.25) is 0 Å². The van der Waals surface area contributed by atoms with Gasteiger partial charge < -0.3 is 9.64 Å². The fourth-order valence-corrected chi connectivity index (χ4v) is 2.35. The van der Waals surface area contributed by atoms with Crippen LogP contribution in [-0.4, -0.2) is 49.0 Å². The Kier molecular flexibility index (Phi) is 3.65. The van der Waals surface area contributed by atoms with Crippen LogP contribution in [0.1, 0.15) is 26.7 Å². The van der Waals surface area contributed by atoms with Crippen LogP contribution in [0, 0.1) is 5.41 Å². The summed E-state index contributed by atoms with van der Waals surface area (Å²) in [7, 11) is 0. The van der Waals surface area contributed by atoms with E-state index in [1.54, 1.807) is 0 Å². The Balaban J connectivity index is 2.22. The average Bonchev–Trinajstić information content (AvgIpc) is 2.40. The summed E-state index contributed by atoms with van der Waals surface area (Å²) in [5.41, 5.74) is -0.976. The highest BCUT2D eigenvalue weighted by atomic mass is 16.5. The van der Waals surface area contributed by atoms with Crippen molar-refractivity contribution in [2.24, 2.45) is 10.4 Å². The van der Waals surface area contributed by atoms with Crippen molar-refractivity contribution < 1.29 is 14.3 Å². The van der Waals surface area contributed by atoms with E-state index in [2.05, 4.69) is 10.3 Å². The number of hydrogen-bond acceptors (Lipinski definition) is 4. The molecule has 1 N–H and O–H groups in total. The molecule has 2 aliphatic heterocycles. The predicted molar refractivity (Wildman–Crippen MR) is 66.0 cm³/mol. The Labute approximate surface area is 106 Å². The molecule has 0 bridgehead atoms. The lowest BCUT2D eigenvalue weighted by Crippen LogP contribution is -2.58. The van der Waals surface area contributed by atoms with Gasteiger partial charge in [0.05, 0.1) is 13.2 Å². The lowest BCUT2D eigenvalue weighted by atomic mass is 9.80. The van der Waals surface area contributed by atoms with Gasteiger partial charge in [-0.25, -0.2) is 0 Å². The van der Waals surface area contributed by atoms with Gasteiger partial charge in [-0.3, -0.25) is 14.9 Å². The van der Waals surface area contributed by atoms with E-state index in [9.17, 15) is 9.59 Å². The van der Waals surface area contributed by atoms with Crippen LogP contribution in [0.5, 0.6) is 0 Å². The highest BCUT2D eigenvalue weighted by molar-refractivity contribution is 6.18. The van der Waals surface area contributed by atoms with Crippen molar-refractivity contribution in [2.75, 3.05) is 26.3 Å². The molecule has 6 heteroatoms. The minimum absolute atomic E-state index is 0.228. The lowest BCUT2D eigenvalue weighted by molar-refractivity contribution is -0.142. The normalized spacial score (nSPS) is 23.7. The molecule has 1 fully saturated rings. The van der Waals surface area contributed by atoms with Crippen molar-refractivity contribution in [3.8, 4) is 0 Å². The molecule has 0 aromatic heterocycles. The second-order valence-corrected chi connectivity index (χ2v) is 4.58. The van der Waals surface area contributed by atoms with Crippen molar-refractivity contribution in [1.29, 1.82) is 0 Å². The van der Waals surface area contributed by atoms with Gasteiger partial charge in [-0.1, -0.05) is 13.8 Å². The molecular formula is C12H19N3O3. The van der Waals surface area contributed by atoms with Crippen molar-refractivity contribution in [3.63, 3.8) is 0 Å². The topological polar surface area (TPSA) is 71.0 Å². The van der Waals surface area contributed by atoms with Gasteiger partial charge in [0, 0.05) is 13.1 Å². The maximum Gasteiger partial charge on any atom is 0.264 e. The van der Waals surface area contributed by atoms with Crippen molar-refractivity contribution in [1.82, 2.24) is 10.2 Å². The Hall–Kier alpha value is -1.43. The van der Waals surface area contributed by atoms with Crippen LogP contribution >= 0.6 is 0 Å². The number of hydrogen-bond donors (Lipinski definition) is 1. The van der Waals surface area contributed by atoms with Crippen LogP contribution in [0.4, 0.5) is 0 Å². The number of amides is 2. The second kappa shape index (κ2) is 5.06. The van der Waals surface area contributed by atoms with E-state index in [0.717, 1.165) is 0 Å². The Morgan fingerprint density at radius 1 is 1.28 bits per heavy atom. The van der Waals surface area contributed by atoms with Gasteiger partial charge in [-0.2, -0.15) is 4.99 Å². The molecule has 2 rings (SSSR count). The molecular weight excluding hydrogens is 234 g/mol. The number of nitrogens with one attached hydrogen (secondary N) is 1. The molecule has 2 amide bonds. The summed E-state index contributed by atoms with van der Waals surface area (Å²) in [5.74, 6) is -0.169. The second-order valence-electron chi connectivity index (χ2n) is 4.58. The van der Waals surface area contributed by atoms with Crippen LogP contribution in [-0.2, 0) is 14.3 Å². The highest BCUT2D eigenvalue weighted by Crippen LogP contribution is 2.30. The molecule has 100 valence electrons. The Bertz CT molecular complexity index is 382. The van der Waals surface area contributed by atoms with E-state index in [1.807, 2.05) is 18.7 Å². The number of guanidine groups is 1. The van der Waals surface area contributed by atoms with Gasteiger partial charge in [0.1, 0.15) is 5.41 Å². The molecule has 0 atom stereocenters. The zero-order valence-electron chi connectivity index (χ0n) is 10.9. The number of carbonyl (C=O) groups excluding carboxylic acids is 2. The standard InChI is InChI=1S/C12H19N3O3/c1-3-12(4-2)9(16)13-11(14-10(12)17)15-5-7-18-8-6-15/h3-8H2,1-2H3,(H,13,14,16,17). The quantitative estimate of drug-likeness (QED) is 0.710. The summed E-state index contributed by atoms with van der Waals surface area (Å²) in [6.07, 6.45) is 0.960. The van der Waals surface area contributed by atoms with Gasteiger partial charge in [-0.05, 0) is 12.8 Å². The molecule has 0 spiro atoms. The minimum Gasteiger partial charge on any atom is -0.378 e. The summed E-state index contributed by atoms with van der Waals surface area (Å²) >= 11 is 0. The third kappa shape index (κ3) is 2.01. The van der Waals surface area contributed by atoms with Gasteiger partial charge in [0.25, 0.3) is 5.91 Å². The molecule has 0 aromatic rings. The SMILES string of the molecule is CCC1(CC)C(=O)N=C(N2CCOCC2)NC1=O. The molecule has 0 aromatic carbocycles. The average molecular weight is 253 g/mol. The van der Waals surface area contributed by atoms with Crippen molar-refractivity contribution in [3.05, 3.63) is 0 Å². The Morgan fingerprint density at radius 2 is 1.89 bits per heavy atom. The lowest BCUT2D eigenvalue weighted by Gasteiger charge is -2.36. The van der Waals surface area contributed by atoms with Gasteiger partial charge in [0.2, 0.25) is 11.9 Å². The number of nitrogens with zero attached hydrogens (tertiary/aromatic N) is 2. The number of aliphatic imine (C=N–C) groups is 1. The number of ether oxygens (including phenoxy) is 1. The number of carbonyl (C=O) groups is 2. The molecule has 6 nitrogen and oxygen atoms in total. The molecule has 0 saturated carbocycles. The third-order valence-corrected chi connectivity index (χ3v) is 3.79. The van der Waals surface area contributed by atoms with Crippen molar-refractivity contribution >= 4 is 17.8 Å². The van der Waals surface area contributed by atoms with Gasteiger partial charge >= 0.3 is 0 Å². The van der Waals surface area contributed by atoms with E-state index in [4.69, 9.17) is 4.74 Å². The zero-order valence-corrected chi connectivity index (χ0v) is 10.9. The predicted octanol–water partition coefficient (Wildman–Crippen LogP) is 0.137. The summed E-state index contributed by atoms with van der Waals surface area (Å²) < 4.78 is 5.23. The first-order chi connectivity index (χ1) is 8.64. The Morgan fingerprint density at radius 3 is 2.39 bits per heavy atom. The monoisotopic (exact) mass is 253 g/mol. The first kappa shape index (κ1) is 13.0. The van der Waals surface area contributed by atoms with Gasteiger partial charge in [0.15, 0.2) is 0 Å². The van der Waals surface area contributed by atoms with Crippen LogP contribution in [0.3, 0.4) is 0 Å². The molecule has 2 heterocycles. The molecule has 1 saturated heterocycles. The highest BCUT2D eigenvalue weighted by Gasteiger charge is 2.46. The maximum atomic E-state index is 12.2.